The van der Waals surface area contributed by atoms with Gasteiger partial charge in [-0.3, -0.25) is 4.79 Å². The quantitative estimate of drug-likeness (QED) is 0.683. The van der Waals surface area contributed by atoms with E-state index in [1.807, 2.05) is 18.2 Å². The number of hydrogen-bond acceptors (Lipinski definition) is 3. The predicted molar refractivity (Wildman–Crippen MR) is 81.3 cm³/mol. The van der Waals surface area contributed by atoms with Crippen LogP contribution in [0.25, 0.3) is 22.0 Å². The summed E-state index contributed by atoms with van der Waals surface area (Å²) < 4.78 is 0. The molecule has 0 saturated carbocycles. The molecule has 1 aromatic heterocycles. The molecule has 0 bridgehead atoms. The molecule has 3 aromatic rings. The minimum Gasteiger partial charge on any atom is -0.266 e. The molecule has 0 amide bonds. The van der Waals surface area contributed by atoms with Crippen LogP contribution in [0.3, 0.4) is 0 Å². The van der Waals surface area contributed by atoms with E-state index in [0.717, 1.165) is 10.9 Å². The van der Waals surface area contributed by atoms with E-state index in [-0.39, 0.29) is 0 Å². The van der Waals surface area contributed by atoms with Gasteiger partial charge < -0.3 is 0 Å². The molecule has 3 nitrogen and oxygen atoms in total. The number of nitrogens with zero attached hydrogens (tertiary/aromatic N) is 2. The van der Waals surface area contributed by atoms with Crippen molar-refractivity contribution in [3.8, 4) is 11.1 Å². The summed E-state index contributed by atoms with van der Waals surface area (Å²) in [6.45, 7) is 0. The summed E-state index contributed by atoms with van der Waals surface area (Å²) in [7, 11) is 0. The lowest BCUT2D eigenvalue weighted by Gasteiger charge is -2.05. The molecule has 0 spiro atoms. The summed E-state index contributed by atoms with van der Waals surface area (Å²) in [6, 6.07) is 13.9. The first kappa shape index (κ1) is 13.0. The second-order valence-electron chi connectivity index (χ2n) is 4.24. The molecule has 0 radical (unpaired) electrons. The number of benzene rings is 2. The molecule has 5 heteroatoms. The van der Waals surface area contributed by atoms with Crippen LogP contribution in [0.1, 0.15) is 0 Å². The fraction of sp³-hybridized carbons (Fsp3) is 0. The van der Waals surface area contributed by atoms with Crippen molar-refractivity contribution in [2.24, 2.45) is 0 Å². The van der Waals surface area contributed by atoms with Gasteiger partial charge in [-0.25, -0.2) is 0 Å². The zero-order valence-corrected chi connectivity index (χ0v) is 11.7. The largest absolute Gasteiger partial charge is 0.288 e. The van der Waals surface area contributed by atoms with Crippen LogP contribution in [0.4, 0.5) is 0 Å². The van der Waals surface area contributed by atoms with E-state index in [0.29, 0.717) is 21.1 Å². The fourth-order valence-electron chi connectivity index (χ4n) is 2.05. The molecule has 0 aliphatic heterocycles. The smallest absolute Gasteiger partial charge is 0.266 e. The monoisotopic (exact) mass is 302 g/mol. The van der Waals surface area contributed by atoms with Crippen LogP contribution in [0.2, 0.25) is 10.0 Å². The fourth-order valence-corrected chi connectivity index (χ4v) is 2.46. The highest BCUT2D eigenvalue weighted by molar-refractivity contribution is 6.34. The van der Waals surface area contributed by atoms with Gasteiger partial charge in [0.2, 0.25) is 0 Å². The van der Waals surface area contributed by atoms with E-state index >= 15 is 0 Å². The zero-order valence-electron chi connectivity index (χ0n) is 10.2. The third kappa shape index (κ3) is 2.38. The van der Waals surface area contributed by atoms with Gasteiger partial charge in [0.1, 0.15) is 0 Å². The first-order valence-electron chi connectivity index (χ1n) is 5.87. The van der Waals surface area contributed by atoms with E-state index < -0.39 is 5.56 Å². The Morgan fingerprint density at radius 3 is 2.45 bits per heavy atom. The molecule has 2 aromatic carbocycles. The van der Waals surface area contributed by atoms with Crippen molar-refractivity contribution in [3.05, 3.63) is 68.9 Å². The zero-order chi connectivity index (χ0) is 14.1. The van der Waals surface area contributed by atoms with Crippen LogP contribution in [0.15, 0.2) is 53.3 Å². The van der Waals surface area contributed by atoms with E-state index in [2.05, 4.69) is 10.2 Å². The molecule has 0 aliphatic carbocycles. The van der Waals surface area contributed by atoms with Crippen LogP contribution < -0.4 is 5.56 Å². The van der Waals surface area contributed by atoms with Gasteiger partial charge in [0.05, 0.1) is 5.52 Å². The third-order valence-electron chi connectivity index (χ3n) is 2.94. The van der Waals surface area contributed by atoms with E-state index in [9.17, 15) is 4.79 Å². The summed E-state index contributed by atoms with van der Waals surface area (Å²) in [6.07, 6.45) is 0. The number of fused-ring (bicyclic) bond motifs is 1. The summed E-state index contributed by atoms with van der Waals surface area (Å²) >= 11 is 12.3. The van der Waals surface area contributed by atoms with Crippen molar-refractivity contribution in [2.75, 3.05) is 0 Å². The first-order chi connectivity index (χ1) is 9.65. The maximum Gasteiger partial charge on any atom is 0.288 e. The number of hydrogen-bond donors (Lipinski definition) is 0. The maximum absolute atomic E-state index is 11.7. The molecule has 98 valence electrons. The van der Waals surface area contributed by atoms with Crippen molar-refractivity contribution in [1.29, 1.82) is 0 Å². The molecule has 0 N–H and O–H groups in total. The highest BCUT2D eigenvalue weighted by Crippen LogP contribution is 2.32. The van der Waals surface area contributed by atoms with Crippen molar-refractivity contribution >= 4 is 34.1 Å². The lowest BCUT2D eigenvalue weighted by atomic mass is 10.0. The van der Waals surface area contributed by atoms with Crippen LogP contribution in [0, 0.1) is 0 Å². The Kier molecular flexibility index (Phi) is 3.38. The average molecular weight is 303 g/mol. The topological polar surface area (TPSA) is 42.9 Å². The SMILES string of the molecule is O=c1cc(-c2ccccc2Cl)c2cc(Cl)ccc2nn1. The molecule has 0 unspecified atom stereocenters. The molecule has 0 atom stereocenters. The van der Waals surface area contributed by atoms with Gasteiger partial charge in [-0.15, -0.1) is 10.2 Å². The number of halogens is 2. The Labute approximate surface area is 124 Å². The van der Waals surface area contributed by atoms with Crippen molar-refractivity contribution in [3.63, 3.8) is 0 Å². The Hall–Kier alpha value is -1.97. The molecule has 20 heavy (non-hydrogen) atoms. The summed E-state index contributed by atoms with van der Waals surface area (Å²) in [5, 5.41) is 9.41. The second kappa shape index (κ2) is 5.19. The van der Waals surface area contributed by atoms with Gasteiger partial charge in [0.15, 0.2) is 0 Å². The van der Waals surface area contributed by atoms with Crippen LogP contribution >= 0.6 is 23.2 Å². The van der Waals surface area contributed by atoms with Gasteiger partial charge in [0.25, 0.3) is 5.56 Å². The normalized spacial score (nSPS) is 10.7. The predicted octanol–water partition coefficient (Wildman–Crippen LogP) is 3.96. The summed E-state index contributed by atoms with van der Waals surface area (Å²) in [5.41, 5.74) is 1.58. The Morgan fingerprint density at radius 2 is 1.65 bits per heavy atom. The van der Waals surface area contributed by atoms with Crippen LogP contribution in [-0.4, -0.2) is 10.2 Å². The van der Waals surface area contributed by atoms with Crippen LogP contribution in [0.5, 0.6) is 0 Å². The van der Waals surface area contributed by atoms with E-state index in [4.69, 9.17) is 23.2 Å². The van der Waals surface area contributed by atoms with Gasteiger partial charge in [-0.05, 0) is 29.8 Å². The van der Waals surface area contributed by atoms with Gasteiger partial charge in [0, 0.05) is 27.1 Å². The Morgan fingerprint density at radius 1 is 0.850 bits per heavy atom. The maximum atomic E-state index is 11.7. The van der Waals surface area contributed by atoms with Crippen LogP contribution in [-0.2, 0) is 0 Å². The minimum absolute atomic E-state index is 0.424. The average Bonchev–Trinajstić information content (AvgIpc) is 2.59. The van der Waals surface area contributed by atoms with Gasteiger partial charge in [-0.1, -0.05) is 41.4 Å². The van der Waals surface area contributed by atoms with Crippen molar-refractivity contribution < 1.29 is 0 Å². The number of rotatable bonds is 1. The number of aromatic nitrogens is 2. The highest BCUT2D eigenvalue weighted by Gasteiger charge is 2.09. The van der Waals surface area contributed by atoms with Gasteiger partial charge >= 0.3 is 0 Å². The molecule has 0 aliphatic rings. The summed E-state index contributed by atoms with van der Waals surface area (Å²) in [4.78, 5) is 11.7. The summed E-state index contributed by atoms with van der Waals surface area (Å²) in [5.74, 6) is 0. The van der Waals surface area contributed by atoms with Crippen molar-refractivity contribution in [2.45, 2.75) is 0 Å². The molecule has 0 saturated heterocycles. The Bertz CT molecular complexity index is 865. The molecular weight excluding hydrogens is 295 g/mol. The first-order valence-corrected chi connectivity index (χ1v) is 6.63. The standard InChI is InChI=1S/C15H8Cl2N2O/c16-9-5-6-14-12(7-9)11(8-15(20)19-18-14)10-3-1-2-4-13(10)17/h1-8H. The minimum atomic E-state index is -0.424. The lowest BCUT2D eigenvalue weighted by Crippen LogP contribution is -2.00. The molecule has 1 heterocycles. The van der Waals surface area contributed by atoms with Crippen molar-refractivity contribution in [1.82, 2.24) is 10.2 Å². The van der Waals surface area contributed by atoms with E-state index in [1.165, 1.54) is 6.07 Å². The van der Waals surface area contributed by atoms with E-state index in [1.54, 1.807) is 24.3 Å². The third-order valence-corrected chi connectivity index (χ3v) is 3.50. The second-order valence-corrected chi connectivity index (χ2v) is 5.08. The van der Waals surface area contributed by atoms with Gasteiger partial charge in [-0.2, -0.15) is 0 Å². The molecule has 3 rings (SSSR count). The molecular formula is C15H8Cl2N2O. The molecule has 0 fully saturated rings. The highest BCUT2D eigenvalue weighted by atomic mass is 35.5. The Balaban J connectivity index is 2.49. The lowest BCUT2D eigenvalue weighted by molar-refractivity contribution is 1.04.